The van der Waals surface area contributed by atoms with Crippen molar-refractivity contribution in [1.82, 2.24) is 15.1 Å². The van der Waals surface area contributed by atoms with Gasteiger partial charge >= 0.3 is 0 Å². The molecule has 1 atom stereocenters. The molecule has 30 heavy (non-hydrogen) atoms. The lowest BCUT2D eigenvalue weighted by atomic mass is 10.1. The van der Waals surface area contributed by atoms with E-state index in [0.717, 1.165) is 5.56 Å². The van der Waals surface area contributed by atoms with Crippen LogP contribution in [0.1, 0.15) is 31.3 Å². The lowest BCUT2D eigenvalue weighted by Gasteiger charge is -2.17. The first kappa shape index (κ1) is 21.7. The maximum Gasteiger partial charge on any atom is 0.270 e. The highest BCUT2D eigenvalue weighted by atomic mass is 35.5. The van der Waals surface area contributed by atoms with Gasteiger partial charge in [0.25, 0.3) is 5.91 Å². The first-order valence-corrected chi connectivity index (χ1v) is 10.1. The summed E-state index contributed by atoms with van der Waals surface area (Å²) in [6, 6.07) is 14.5. The average Bonchev–Trinajstić information content (AvgIpc) is 3.18. The number of carbonyl (C=O) groups is 1. The third kappa shape index (κ3) is 4.60. The summed E-state index contributed by atoms with van der Waals surface area (Å²) < 4.78 is 12.4. The topological polar surface area (TPSA) is 65.4 Å². The van der Waals surface area contributed by atoms with Crippen LogP contribution in [0.4, 0.5) is 0 Å². The Hall–Kier alpha value is -2.99. The van der Waals surface area contributed by atoms with E-state index in [9.17, 15) is 4.79 Å². The molecule has 3 aromatic rings. The Morgan fingerprint density at radius 3 is 2.47 bits per heavy atom. The van der Waals surface area contributed by atoms with Crippen LogP contribution in [0.3, 0.4) is 0 Å². The van der Waals surface area contributed by atoms with Gasteiger partial charge in [0.2, 0.25) is 0 Å². The Labute approximate surface area is 181 Å². The molecule has 0 bridgehead atoms. The van der Waals surface area contributed by atoms with Crippen LogP contribution in [0.2, 0.25) is 5.02 Å². The zero-order chi connectivity index (χ0) is 21.8. The van der Waals surface area contributed by atoms with E-state index in [0.29, 0.717) is 39.5 Å². The standard InChI is InChI=1S/C23H26ClN3O3/c1-14(2)15(3)25-23(28)21-13-20(19-10-9-18(29-4)12-22(19)30-5)26-27(21)17-8-6-7-16(24)11-17/h6-15H,1-5H3,(H,25,28). The summed E-state index contributed by atoms with van der Waals surface area (Å²) in [5.74, 6) is 1.38. The van der Waals surface area contributed by atoms with E-state index >= 15 is 0 Å². The van der Waals surface area contributed by atoms with E-state index in [-0.39, 0.29) is 11.9 Å². The average molecular weight is 428 g/mol. The third-order valence-electron chi connectivity index (χ3n) is 5.04. The van der Waals surface area contributed by atoms with E-state index in [1.54, 1.807) is 43.2 Å². The zero-order valence-electron chi connectivity index (χ0n) is 17.8. The van der Waals surface area contributed by atoms with Gasteiger partial charge in [0.1, 0.15) is 17.2 Å². The van der Waals surface area contributed by atoms with Crippen molar-refractivity contribution in [1.29, 1.82) is 0 Å². The first-order chi connectivity index (χ1) is 14.3. The van der Waals surface area contributed by atoms with Crippen molar-refractivity contribution in [2.45, 2.75) is 26.8 Å². The molecule has 0 radical (unpaired) electrons. The molecular weight excluding hydrogens is 402 g/mol. The van der Waals surface area contributed by atoms with Crippen LogP contribution in [-0.4, -0.2) is 35.9 Å². The second kappa shape index (κ2) is 9.22. The smallest absolute Gasteiger partial charge is 0.270 e. The predicted octanol–water partition coefficient (Wildman–Crippen LogP) is 4.98. The van der Waals surface area contributed by atoms with Crippen LogP contribution in [0.15, 0.2) is 48.5 Å². The van der Waals surface area contributed by atoms with Gasteiger partial charge in [-0.1, -0.05) is 31.5 Å². The molecule has 1 unspecified atom stereocenters. The normalized spacial score (nSPS) is 12.0. The SMILES string of the molecule is COc1ccc(-c2cc(C(=O)NC(C)C(C)C)n(-c3cccc(Cl)c3)n2)c(OC)c1. The van der Waals surface area contributed by atoms with Gasteiger partial charge in [0, 0.05) is 22.7 Å². The number of methoxy groups -OCH3 is 2. The van der Waals surface area contributed by atoms with Gasteiger partial charge in [-0.3, -0.25) is 4.79 Å². The molecule has 0 spiro atoms. The molecule has 0 aliphatic heterocycles. The van der Waals surface area contributed by atoms with E-state index in [4.69, 9.17) is 26.2 Å². The maximum absolute atomic E-state index is 13.1. The third-order valence-corrected chi connectivity index (χ3v) is 5.27. The summed E-state index contributed by atoms with van der Waals surface area (Å²) in [5, 5.41) is 8.32. The fourth-order valence-electron chi connectivity index (χ4n) is 2.94. The van der Waals surface area contributed by atoms with E-state index in [1.165, 1.54) is 0 Å². The van der Waals surface area contributed by atoms with Crippen molar-refractivity contribution in [3.8, 4) is 28.4 Å². The second-order valence-electron chi connectivity index (χ2n) is 7.38. The van der Waals surface area contributed by atoms with Crippen LogP contribution < -0.4 is 14.8 Å². The van der Waals surface area contributed by atoms with Crippen LogP contribution >= 0.6 is 11.6 Å². The van der Waals surface area contributed by atoms with Crippen molar-refractivity contribution in [3.05, 3.63) is 59.2 Å². The molecule has 158 valence electrons. The number of amides is 1. The minimum absolute atomic E-state index is 0.0131. The summed E-state index contributed by atoms with van der Waals surface area (Å²) in [6.45, 7) is 6.11. The molecule has 0 aliphatic rings. The number of nitrogens with one attached hydrogen (secondary N) is 1. The lowest BCUT2D eigenvalue weighted by molar-refractivity contribution is 0.0922. The molecule has 1 N–H and O–H groups in total. The Bertz CT molecular complexity index is 1050. The summed E-state index contributed by atoms with van der Waals surface area (Å²) in [4.78, 5) is 13.1. The van der Waals surface area contributed by atoms with Gasteiger partial charge in [-0.05, 0) is 49.2 Å². The molecule has 3 rings (SSSR count). The van der Waals surface area contributed by atoms with Crippen LogP contribution in [0, 0.1) is 5.92 Å². The summed E-state index contributed by atoms with van der Waals surface area (Å²) in [7, 11) is 3.19. The zero-order valence-corrected chi connectivity index (χ0v) is 18.5. The fourth-order valence-corrected chi connectivity index (χ4v) is 3.12. The van der Waals surface area contributed by atoms with Crippen LogP contribution in [0.25, 0.3) is 16.9 Å². The molecule has 0 fully saturated rings. The highest BCUT2D eigenvalue weighted by Gasteiger charge is 2.21. The molecule has 1 heterocycles. The van der Waals surface area contributed by atoms with Crippen molar-refractivity contribution in [2.75, 3.05) is 14.2 Å². The second-order valence-corrected chi connectivity index (χ2v) is 7.82. The highest BCUT2D eigenvalue weighted by Crippen LogP contribution is 2.33. The lowest BCUT2D eigenvalue weighted by Crippen LogP contribution is -2.37. The van der Waals surface area contributed by atoms with Gasteiger partial charge < -0.3 is 14.8 Å². The molecule has 6 nitrogen and oxygen atoms in total. The molecule has 7 heteroatoms. The number of rotatable bonds is 7. The Balaban J connectivity index is 2.12. The number of hydrogen-bond acceptors (Lipinski definition) is 4. The summed E-state index contributed by atoms with van der Waals surface area (Å²) in [6.07, 6.45) is 0. The highest BCUT2D eigenvalue weighted by molar-refractivity contribution is 6.30. The van der Waals surface area contributed by atoms with Crippen molar-refractivity contribution in [3.63, 3.8) is 0 Å². The monoisotopic (exact) mass is 427 g/mol. The van der Waals surface area contributed by atoms with Gasteiger partial charge in [-0.25, -0.2) is 4.68 Å². The predicted molar refractivity (Wildman–Crippen MR) is 119 cm³/mol. The quantitative estimate of drug-likeness (QED) is 0.577. The van der Waals surface area contributed by atoms with E-state index < -0.39 is 0 Å². The van der Waals surface area contributed by atoms with Crippen molar-refractivity contribution < 1.29 is 14.3 Å². The number of nitrogens with zero attached hydrogens (tertiary/aromatic N) is 2. The minimum Gasteiger partial charge on any atom is -0.497 e. The van der Waals surface area contributed by atoms with Gasteiger partial charge in [-0.15, -0.1) is 0 Å². The number of ether oxygens (including phenoxy) is 2. The van der Waals surface area contributed by atoms with Crippen molar-refractivity contribution in [2.24, 2.45) is 5.92 Å². The van der Waals surface area contributed by atoms with Crippen LogP contribution in [0.5, 0.6) is 11.5 Å². The Morgan fingerprint density at radius 2 is 1.83 bits per heavy atom. The largest absolute Gasteiger partial charge is 0.497 e. The first-order valence-electron chi connectivity index (χ1n) is 9.73. The summed E-state index contributed by atoms with van der Waals surface area (Å²) in [5.41, 5.74) is 2.48. The Morgan fingerprint density at radius 1 is 1.07 bits per heavy atom. The Kier molecular flexibility index (Phi) is 6.67. The fraction of sp³-hybridized carbons (Fsp3) is 0.304. The molecule has 0 aliphatic carbocycles. The van der Waals surface area contributed by atoms with Gasteiger partial charge in [0.15, 0.2) is 0 Å². The molecule has 2 aromatic carbocycles. The number of carbonyl (C=O) groups excluding carboxylic acids is 1. The number of halogens is 1. The van der Waals surface area contributed by atoms with E-state index in [1.807, 2.05) is 31.2 Å². The minimum atomic E-state index is -0.206. The molecule has 0 saturated carbocycles. The van der Waals surface area contributed by atoms with Crippen molar-refractivity contribution >= 4 is 17.5 Å². The molecule has 1 amide bonds. The van der Waals surface area contributed by atoms with Gasteiger partial charge in [0.05, 0.1) is 25.6 Å². The number of benzene rings is 2. The van der Waals surface area contributed by atoms with E-state index in [2.05, 4.69) is 19.2 Å². The molecule has 0 saturated heterocycles. The molecule has 1 aromatic heterocycles. The maximum atomic E-state index is 13.1. The molecular formula is C23H26ClN3O3. The van der Waals surface area contributed by atoms with Gasteiger partial charge in [-0.2, -0.15) is 5.10 Å². The number of hydrogen-bond donors (Lipinski definition) is 1. The number of aromatic nitrogens is 2. The van der Waals surface area contributed by atoms with Crippen LogP contribution in [-0.2, 0) is 0 Å². The summed E-state index contributed by atoms with van der Waals surface area (Å²) >= 11 is 6.18.